The number of hydrogen-bond acceptors (Lipinski definition) is 4. The van der Waals surface area contributed by atoms with E-state index in [2.05, 4.69) is 14.7 Å². The van der Waals surface area contributed by atoms with Gasteiger partial charge in [0.15, 0.2) is 0 Å². The number of nitrogens with zero attached hydrogens (tertiary/aromatic N) is 1. The number of hydrogen-bond donors (Lipinski definition) is 3. The number of nitrogens with one attached hydrogen (secondary N) is 2. The molecule has 0 atom stereocenters. The summed E-state index contributed by atoms with van der Waals surface area (Å²) in [6, 6.07) is 8.76. The van der Waals surface area contributed by atoms with Crippen molar-refractivity contribution in [3.8, 4) is 0 Å². The van der Waals surface area contributed by atoms with Crippen molar-refractivity contribution in [2.24, 2.45) is 0 Å². The normalized spacial score (nSPS) is 11.5. The van der Waals surface area contributed by atoms with E-state index in [-0.39, 0.29) is 16.1 Å². The minimum Gasteiger partial charge on any atom is -0.478 e. The van der Waals surface area contributed by atoms with Gasteiger partial charge in [0.05, 0.1) is 5.56 Å². The topological polar surface area (TPSA) is 112 Å². The summed E-state index contributed by atoms with van der Waals surface area (Å²) in [5, 5.41) is 9.31. The van der Waals surface area contributed by atoms with E-state index in [1.54, 1.807) is 18.3 Å². The maximum Gasteiger partial charge on any atom is 0.335 e. The molecule has 0 aliphatic rings. The number of carbonyl (C=O) groups is 1. The molecule has 0 bridgehead atoms. The summed E-state index contributed by atoms with van der Waals surface area (Å²) in [6.07, 6.45) is 2.93. The van der Waals surface area contributed by atoms with Crippen LogP contribution in [0.15, 0.2) is 53.7 Å². The minimum atomic E-state index is -3.80. The summed E-state index contributed by atoms with van der Waals surface area (Å²) >= 11 is 0. The third-order valence-electron chi connectivity index (χ3n) is 3.09. The number of benzene rings is 1. The highest BCUT2D eigenvalue weighted by Crippen LogP contribution is 2.23. The van der Waals surface area contributed by atoms with Gasteiger partial charge in [-0.3, -0.25) is 4.72 Å². The lowest BCUT2D eigenvalue weighted by Crippen LogP contribution is -2.12. The Kier molecular flexibility index (Phi) is 3.30. The number of carboxylic acid groups (broad SMARTS) is 1. The maximum atomic E-state index is 12.4. The number of aromatic nitrogens is 2. The predicted molar refractivity (Wildman–Crippen MR) is 80.3 cm³/mol. The molecule has 0 radical (unpaired) electrons. The predicted octanol–water partition coefficient (Wildman–Crippen LogP) is 2.06. The number of aromatic amines is 1. The third kappa shape index (κ3) is 2.51. The van der Waals surface area contributed by atoms with Gasteiger partial charge in [-0.25, -0.2) is 18.2 Å². The SMILES string of the molecule is O=C(O)c1ccc(NS(=O)(=O)c2c[nH]c3ncccc23)cc1. The number of aromatic carboxylic acids is 1. The second-order valence-electron chi connectivity index (χ2n) is 4.54. The molecule has 3 aromatic rings. The molecule has 0 aliphatic carbocycles. The standard InChI is InChI=1S/C14H11N3O4S/c18-14(19)9-3-5-10(6-4-9)17-22(20,21)12-8-16-13-11(12)2-1-7-15-13/h1-8,17H,(H,15,16)(H,18,19). The molecule has 0 saturated heterocycles. The second-order valence-corrected chi connectivity index (χ2v) is 6.19. The molecule has 112 valence electrons. The molecule has 0 aliphatic heterocycles. The molecule has 1 aromatic carbocycles. The summed E-state index contributed by atoms with van der Waals surface area (Å²) in [5.41, 5.74) is 0.839. The molecule has 3 N–H and O–H groups in total. The summed E-state index contributed by atoms with van der Waals surface area (Å²) in [7, 11) is -3.80. The first-order valence-electron chi connectivity index (χ1n) is 6.26. The molecule has 3 rings (SSSR count). The molecule has 7 nitrogen and oxygen atoms in total. The zero-order valence-electron chi connectivity index (χ0n) is 11.1. The molecule has 0 saturated carbocycles. The quantitative estimate of drug-likeness (QED) is 0.682. The number of H-pyrrole nitrogens is 1. The van der Waals surface area contributed by atoms with Crippen LogP contribution >= 0.6 is 0 Å². The van der Waals surface area contributed by atoms with Crippen molar-refractivity contribution in [3.63, 3.8) is 0 Å². The smallest absolute Gasteiger partial charge is 0.335 e. The molecule has 2 aromatic heterocycles. The number of pyridine rings is 1. The Bertz CT molecular complexity index is 946. The molecule has 2 heterocycles. The van der Waals surface area contributed by atoms with Crippen LogP contribution in [0.3, 0.4) is 0 Å². The molecule has 22 heavy (non-hydrogen) atoms. The Balaban J connectivity index is 1.95. The van der Waals surface area contributed by atoms with Gasteiger partial charge < -0.3 is 10.1 Å². The fourth-order valence-electron chi connectivity index (χ4n) is 2.04. The monoisotopic (exact) mass is 317 g/mol. The fourth-order valence-corrected chi connectivity index (χ4v) is 3.27. The first kappa shape index (κ1) is 14.1. The van der Waals surface area contributed by atoms with E-state index in [9.17, 15) is 13.2 Å². The zero-order valence-corrected chi connectivity index (χ0v) is 12.0. The minimum absolute atomic E-state index is 0.0814. The van der Waals surface area contributed by atoms with Crippen LogP contribution in [0.2, 0.25) is 0 Å². The first-order chi connectivity index (χ1) is 10.5. The summed E-state index contributed by atoms with van der Waals surface area (Å²) in [4.78, 5) is 17.7. The van der Waals surface area contributed by atoms with Crippen molar-refractivity contribution in [3.05, 3.63) is 54.4 Å². The summed E-state index contributed by atoms with van der Waals surface area (Å²) in [5.74, 6) is -1.07. The number of fused-ring (bicyclic) bond motifs is 1. The average Bonchev–Trinajstić information content (AvgIpc) is 2.92. The van der Waals surface area contributed by atoms with E-state index in [1.807, 2.05) is 0 Å². The number of carboxylic acids is 1. The van der Waals surface area contributed by atoms with Crippen molar-refractivity contribution >= 4 is 32.7 Å². The van der Waals surface area contributed by atoms with E-state index in [0.29, 0.717) is 11.0 Å². The van der Waals surface area contributed by atoms with Gasteiger partial charge in [-0.1, -0.05) is 0 Å². The third-order valence-corrected chi connectivity index (χ3v) is 4.51. The van der Waals surface area contributed by atoms with E-state index in [4.69, 9.17) is 5.11 Å². The Morgan fingerprint density at radius 1 is 1.18 bits per heavy atom. The van der Waals surface area contributed by atoms with Crippen LogP contribution in [0.25, 0.3) is 11.0 Å². The lowest BCUT2D eigenvalue weighted by atomic mass is 10.2. The molecule has 0 unspecified atom stereocenters. The highest BCUT2D eigenvalue weighted by molar-refractivity contribution is 7.93. The number of rotatable bonds is 4. The first-order valence-corrected chi connectivity index (χ1v) is 7.74. The van der Waals surface area contributed by atoms with Crippen LogP contribution in [0.4, 0.5) is 5.69 Å². The van der Waals surface area contributed by atoms with Crippen molar-refractivity contribution in [1.29, 1.82) is 0 Å². The van der Waals surface area contributed by atoms with Gasteiger partial charge in [-0.15, -0.1) is 0 Å². The second kappa shape index (κ2) is 5.15. The van der Waals surface area contributed by atoms with Crippen molar-refractivity contribution < 1.29 is 18.3 Å². The Hall–Kier alpha value is -2.87. The Morgan fingerprint density at radius 2 is 1.91 bits per heavy atom. The van der Waals surface area contributed by atoms with Gasteiger partial charge >= 0.3 is 5.97 Å². The van der Waals surface area contributed by atoms with Crippen LogP contribution in [0.5, 0.6) is 0 Å². The van der Waals surface area contributed by atoms with Crippen molar-refractivity contribution in [1.82, 2.24) is 9.97 Å². The number of anilines is 1. The highest BCUT2D eigenvalue weighted by Gasteiger charge is 2.19. The fraction of sp³-hybridized carbons (Fsp3) is 0. The maximum absolute atomic E-state index is 12.4. The van der Waals surface area contributed by atoms with Gasteiger partial charge in [0, 0.05) is 23.5 Å². The molecule has 0 amide bonds. The van der Waals surface area contributed by atoms with E-state index in [1.165, 1.54) is 30.5 Å². The molecule has 0 fully saturated rings. The Labute approximate surface area is 125 Å². The van der Waals surface area contributed by atoms with E-state index < -0.39 is 16.0 Å². The van der Waals surface area contributed by atoms with Gasteiger partial charge in [0.25, 0.3) is 10.0 Å². The van der Waals surface area contributed by atoms with E-state index in [0.717, 1.165) is 0 Å². The zero-order chi connectivity index (χ0) is 15.7. The molecular weight excluding hydrogens is 306 g/mol. The van der Waals surface area contributed by atoms with Crippen molar-refractivity contribution in [2.45, 2.75) is 4.90 Å². The molecule has 8 heteroatoms. The largest absolute Gasteiger partial charge is 0.478 e. The summed E-state index contributed by atoms with van der Waals surface area (Å²) in [6.45, 7) is 0. The summed E-state index contributed by atoms with van der Waals surface area (Å²) < 4.78 is 27.3. The van der Waals surface area contributed by atoms with Gasteiger partial charge in [-0.2, -0.15) is 0 Å². The number of sulfonamides is 1. The van der Waals surface area contributed by atoms with Gasteiger partial charge in [-0.05, 0) is 36.4 Å². The lowest BCUT2D eigenvalue weighted by Gasteiger charge is -2.07. The highest BCUT2D eigenvalue weighted by atomic mass is 32.2. The molecule has 0 spiro atoms. The lowest BCUT2D eigenvalue weighted by molar-refractivity contribution is 0.0697. The van der Waals surface area contributed by atoms with E-state index >= 15 is 0 Å². The van der Waals surface area contributed by atoms with Crippen molar-refractivity contribution in [2.75, 3.05) is 4.72 Å². The van der Waals surface area contributed by atoms with Gasteiger partial charge in [0.2, 0.25) is 0 Å². The van der Waals surface area contributed by atoms with Gasteiger partial charge in [0.1, 0.15) is 10.5 Å². The van der Waals surface area contributed by atoms with Crippen LogP contribution in [0.1, 0.15) is 10.4 Å². The Morgan fingerprint density at radius 3 is 2.59 bits per heavy atom. The molecular formula is C14H11N3O4S. The van der Waals surface area contributed by atoms with Crippen LogP contribution in [-0.4, -0.2) is 29.5 Å². The van der Waals surface area contributed by atoms with Crippen LogP contribution in [-0.2, 0) is 10.0 Å². The van der Waals surface area contributed by atoms with Crippen LogP contribution < -0.4 is 4.72 Å². The average molecular weight is 317 g/mol. The van der Waals surface area contributed by atoms with Crippen LogP contribution in [0, 0.1) is 0 Å².